The van der Waals surface area contributed by atoms with Crippen LogP contribution in [0.1, 0.15) is 6.92 Å². The first kappa shape index (κ1) is 8.42. The molecule has 7 nitrogen and oxygen atoms in total. The molecule has 0 aliphatic rings. The van der Waals surface area contributed by atoms with Crippen LogP contribution < -0.4 is 10.5 Å². The van der Waals surface area contributed by atoms with Crippen molar-refractivity contribution in [3.05, 3.63) is 6.33 Å². The second-order valence-electron chi connectivity index (χ2n) is 2.59. The topological polar surface area (TPSA) is 107 Å². The van der Waals surface area contributed by atoms with Crippen LogP contribution >= 0.6 is 0 Å². The van der Waals surface area contributed by atoms with Crippen LogP contribution in [0, 0.1) is 0 Å². The molecule has 0 saturated carbocycles. The number of carbonyl (C=O) groups is 1. The third kappa shape index (κ3) is 1.35. The normalized spacial score (nSPS) is 10.4. The Morgan fingerprint density at radius 1 is 1.57 bits per heavy atom. The minimum absolute atomic E-state index is 0.0883. The minimum atomic E-state index is -0.501. The van der Waals surface area contributed by atoms with Crippen molar-refractivity contribution < 1.29 is 9.53 Å². The van der Waals surface area contributed by atoms with Gasteiger partial charge in [-0.25, -0.2) is 4.98 Å². The first-order chi connectivity index (χ1) is 6.66. The number of anilines is 1. The van der Waals surface area contributed by atoms with Gasteiger partial charge in [0, 0.05) is 6.92 Å². The van der Waals surface area contributed by atoms with E-state index in [1.165, 1.54) is 13.3 Å². The molecule has 2 heterocycles. The Kier molecular flexibility index (Phi) is 1.77. The first-order valence-electron chi connectivity index (χ1n) is 3.82. The number of nitrogen functional groups attached to an aromatic ring is 1. The van der Waals surface area contributed by atoms with Gasteiger partial charge in [0.1, 0.15) is 5.52 Å². The van der Waals surface area contributed by atoms with Gasteiger partial charge in [-0.2, -0.15) is 9.97 Å². The number of hydrogen-bond acceptors (Lipinski definition) is 6. The van der Waals surface area contributed by atoms with Gasteiger partial charge < -0.3 is 15.5 Å². The number of nitrogens with one attached hydrogen (secondary N) is 1. The summed E-state index contributed by atoms with van der Waals surface area (Å²) in [5.74, 6) is -0.303. The predicted molar refractivity (Wildman–Crippen MR) is 47.4 cm³/mol. The highest BCUT2D eigenvalue weighted by Crippen LogP contribution is 2.16. The molecule has 2 aromatic rings. The summed E-state index contributed by atoms with van der Waals surface area (Å²) in [6.07, 6.45) is 1.44. The number of esters is 1. The Balaban J connectivity index is 2.53. The van der Waals surface area contributed by atoms with Crippen LogP contribution in [0.25, 0.3) is 11.2 Å². The lowest BCUT2D eigenvalue weighted by atomic mass is 10.5. The van der Waals surface area contributed by atoms with Gasteiger partial charge >= 0.3 is 12.0 Å². The molecule has 72 valence electrons. The number of hydrogen-bond donors (Lipinski definition) is 2. The highest BCUT2D eigenvalue weighted by Gasteiger charge is 2.09. The molecular formula is C7H7N5O2. The summed E-state index contributed by atoms with van der Waals surface area (Å²) < 4.78 is 4.68. The van der Waals surface area contributed by atoms with Crippen LogP contribution in [0.2, 0.25) is 0 Å². The Morgan fingerprint density at radius 3 is 3.07 bits per heavy atom. The van der Waals surface area contributed by atoms with Crippen molar-refractivity contribution in [3.8, 4) is 6.01 Å². The van der Waals surface area contributed by atoms with Crippen LogP contribution in [0.5, 0.6) is 6.01 Å². The van der Waals surface area contributed by atoms with Crippen molar-refractivity contribution in [2.24, 2.45) is 0 Å². The largest absolute Gasteiger partial charge is 0.391 e. The average Bonchev–Trinajstić information content (AvgIpc) is 2.50. The number of fused-ring (bicyclic) bond motifs is 1. The van der Waals surface area contributed by atoms with E-state index in [1.54, 1.807) is 0 Å². The first-order valence-corrected chi connectivity index (χ1v) is 3.82. The summed E-state index contributed by atoms with van der Waals surface area (Å²) in [7, 11) is 0. The van der Waals surface area contributed by atoms with Gasteiger partial charge in [0.25, 0.3) is 0 Å². The molecule has 2 aromatic heterocycles. The van der Waals surface area contributed by atoms with E-state index in [-0.39, 0.29) is 11.8 Å². The lowest BCUT2D eigenvalue weighted by Crippen LogP contribution is -2.06. The standard InChI is InChI=1S/C7H7N5O2/c1-3(13)14-7-11-5(8)4-6(12-7)10-2-9-4/h2H,1H3,(H3,8,9,10,11,12). The number of nitrogens with zero attached hydrogens (tertiary/aromatic N) is 3. The summed E-state index contributed by atoms with van der Waals surface area (Å²) in [5, 5.41) is 0. The molecular weight excluding hydrogens is 186 g/mol. The molecule has 0 fully saturated rings. The molecule has 0 aliphatic heterocycles. The van der Waals surface area contributed by atoms with Gasteiger partial charge in [-0.3, -0.25) is 4.79 Å². The molecule has 2 rings (SSSR count). The lowest BCUT2D eigenvalue weighted by Gasteiger charge is -1.99. The number of H-pyrrole nitrogens is 1. The number of nitrogens with two attached hydrogens (primary N) is 1. The molecule has 0 aromatic carbocycles. The van der Waals surface area contributed by atoms with Crippen molar-refractivity contribution in [2.45, 2.75) is 6.92 Å². The van der Waals surface area contributed by atoms with E-state index >= 15 is 0 Å². The summed E-state index contributed by atoms with van der Waals surface area (Å²) in [6, 6.07) is -0.0883. The number of imidazole rings is 1. The van der Waals surface area contributed by atoms with E-state index in [0.717, 1.165) is 0 Å². The molecule has 0 unspecified atom stereocenters. The molecule has 0 amide bonds. The molecule has 0 radical (unpaired) electrons. The summed E-state index contributed by atoms with van der Waals surface area (Å²) in [6.45, 7) is 1.26. The molecule has 3 N–H and O–H groups in total. The van der Waals surface area contributed by atoms with E-state index in [2.05, 4.69) is 24.7 Å². The fourth-order valence-corrected chi connectivity index (χ4v) is 1.01. The summed E-state index contributed by atoms with van der Waals surface area (Å²) in [5.41, 5.74) is 6.46. The van der Waals surface area contributed by atoms with Crippen molar-refractivity contribution in [2.75, 3.05) is 5.73 Å². The van der Waals surface area contributed by atoms with E-state index in [4.69, 9.17) is 5.73 Å². The zero-order chi connectivity index (χ0) is 10.1. The SMILES string of the molecule is CC(=O)Oc1nc(N)c2[nH]cnc2n1. The van der Waals surface area contributed by atoms with Gasteiger partial charge in [0.15, 0.2) is 11.5 Å². The number of aromatic amines is 1. The summed E-state index contributed by atoms with van der Waals surface area (Å²) >= 11 is 0. The van der Waals surface area contributed by atoms with Crippen molar-refractivity contribution >= 4 is 23.0 Å². The second-order valence-corrected chi connectivity index (χ2v) is 2.59. The van der Waals surface area contributed by atoms with Gasteiger partial charge in [0.05, 0.1) is 6.33 Å². The highest BCUT2D eigenvalue weighted by atomic mass is 16.5. The fourth-order valence-electron chi connectivity index (χ4n) is 1.01. The maximum Gasteiger partial charge on any atom is 0.328 e. The zero-order valence-corrected chi connectivity index (χ0v) is 7.31. The third-order valence-corrected chi connectivity index (χ3v) is 1.53. The molecule has 0 spiro atoms. The number of rotatable bonds is 1. The molecule has 14 heavy (non-hydrogen) atoms. The van der Waals surface area contributed by atoms with Gasteiger partial charge in [-0.15, -0.1) is 0 Å². The van der Waals surface area contributed by atoms with Crippen LogP contribution in [0.4, 0.5) is 5.82 Å². The van der Waals surface area contributed by atoms with Crippen molar-refractivity contribution in [3.63, 3.8) is 0 Å². The molecule has 0 atom stereocenters. The van der Waals surface area contributed by atoms with Gasteiger partial charge in [0.2, 0.25) is 0 Å². The van der Waals surface area contributed by atoms with Crippen LogP contribution in [0.15, 0.2) is 6.33 Å². The Morgan fingerprint density at radius 2 is 2.36 bits per heavy atom. The minimum Gasteiger partial charge on any atom is -0.391 e. The van der Waals surface area contributed by atoms with E-state index < -0.39 is 5.97 Å². The molecule has 7 heteroatoms. The molecule has 0 bridgehead atoms. The number of ether oxygens (including phenoxy) is 1. The third-order valence-electron chi connectivity index (χ3n) is 1.53. The average molecular weight is 193 g/mol. The van der Waals surface area contributed by atoms with Crippen molar-refractivity contribution in [1.29, 1.82) is 0 Å². The van der Waals surface area contributed by atoms with Crippen LogP contribution in [0.3, 0.4) is 0 Å². The van der Waals surface area contributed by atoms with Gasteiger partial charge in [-0.1, -0.05) is 0 Å². The quantitative estimate of drug-likeness (QED) is 0.610. The predicted octanol–water partition coefficient (Wildman–Crippen LogP) is -0.140. The highest BCUT2D eigenvalue weighted by molar-refractivity contribution is 5.81. The smallest absolute Gasteiger partial charge is 0.328 e. The number of aromatic nitrogens is 4. The summed E-state index contributed by atoms with van der Waals surface area (Å²) in [4.78, 5) is 24.9. The van der Waals surface area contributed by atoms with E-state index in [1.807, 2.05) is 0 Å². The molecule has 0 aliphatic carbocycles. The zero-order valence-electron chi connectivity index (χ0n) is 7.31. The maximum atomic E-state index is 10.6. The number of carbonyl (C=O) groups excluding carboxylic acids is 1. The monoisotopic (exact) mass is 193 g/mol. The maximum absolute atomic E-state index is 10.6. The van der Waals surface area contributed by atoms with E-state index in [9.17, 15) is 4.79 Å². The van der Waals surface area contributed by atoms with Crippen LogP contribution in [-0.2, 0) is 4.79 Å². The lowest BCUT2D eigenvalue weighted by molar-refractivity contribution is -0.132. The van der Waals surface area contributed by atoms with Crippen molar-refractivity contribution in [1.82, 2.24) is 19.9 Å². The molecule has 0 saturated heterocycles. The Labute approximate surface area is 78.3 Å². The van der Waals surface area contributed by atoms with Gasteiger partial charge in [-0.05, 0) is 0 Å². The van der Waals surface area contributed by atoms with E-state index in [0.29, 0.717) is 11.2 Å². The van der Waals surface area contributed by atoms with Crippen LogP contribution in [-0.4, -0.2) is 25.9 Å². The Hall–Kier alpha value is -2.18. The Bertz CT molecular complexity index is 492. The second kappa shape index (κ2) is 2.95. The fraction of sp³-hybridized carbons (Fsp3) is 0.143.